The Kier molecular flexibility index (Phi) is 5.35. The second kappa shape index (κ2) is 7.52. The number of hydrogen-bond acceptors (Lipinski definition) is 3. The van der Waals surface area contributed by atoms with Crippen LogP contribution in [0, 0.1) is 20.8 Å². The van der Waals surface area contributed by atoms with Crippen molar-refractivity contribution in [3.63, 3.8) is 0 Å². The van der Waals surface area contributed by atoms with Gasteiger partial charge in [0.05, 0.1) is 18.3 Å². The van der Waals surface area contributed by atoms with Crippen molar-refractivity contribution < 1.29 is 9.53 Å². The molecule has 0 radical (unpaired) electrons. The Morgan fingerprint density at radius 2 is 1.92 bits per heavy atom. The number of nitrogens with one attached hydrogen (secondary N) is 1. The van der Waals surface area contributed by atoms with Gasteiger partial charge in [-0.1, -0.05) is 31.0 Å². The van der Waals surface area contributed by atoms with Gasteiger partial charge in [-0.25, -0.2) is 0 Å². The number of ether oxygens (including phenoxy) is 1. The van der Waals surface area contributed by atoms with Crippen molar-refractivity contribution in [1.82, 2.24) is 15.1 Å². The molecule has 3 rings (SSSR count). The summed E-state index contributed by atoms with van der Waals surface area (Å²) in [6, 6.07) is 8.04. The van der Waals surface area contributed by atoms with E-state index in [1.165, 1.54) is 5.56 Å². The molecule has 1 amide bonds. The van der Waals surface area contributed by atoms with Gasteiger partial charge in [0, 0.05) is 24.2 Å². The van der Waals surface area contributed by atoms with E-state index in [1.807, 2.05) is 29.8 Å². The van der Waals surface area contributed by atoms with Gasteiger partial charge in [0.25, 0.3) is 0 Å². The largest absolute Gasteiger partial charge is 0.496 e. The van der Waals surface area contributed by atoms with E-state index in [1.54, 1.807) is 7.11 Å². The summed E-state index contributed by atoms with van der Waals surface area (Å²) in [5.41, 5.74) is 4.15. The van der Waals surface area contributed by atoms with Crippen LogP contribution in [0.2, 0.25) is 0 Å². The zero-order valence-electron chi connectivity index (χ0n) is 16.3. The Morgan fingerprint density at radius 3 is 2.54 bits per heavy atom. The Balaban J connectivity index is 1.74. The first kappa shape index (κ1) is 18.5. The van der Waals surface area contributed by atoms with E-state index < -0.39 is 0 Å². The third-order valence-corrected chi connectivity index (χ3v) is 5.75. The number of methoxy groups -OCH3 is 1. The van der Waals surface area contributed by atoms with Crippen molar-refractivity contribution in [2.45, 2.75) is 65.0 Å². The zero-order valence-corrected chi connectivity index (χ0v) is 16.3. The number of hydrogen-bond donors (Lipinski definition) is 1. The predicted molar refractivity (Wildman–Crippen MR) is 102 cm³/mol. The molecule has 1 heterocycles. The van der Waals surface area contributed by atoms with Crippen LogP contribution in [0.25, 0.3) is 0 Å². The number of benzene rings is 1. The summed E-state index contributed by atoms with van der Waals surface area (Å²) >= 11 is 0. The van der Waals surface area contributed by atoms with Gasteiger partial charge in [-0.05, 0) is 45.2 Å². The molecule has 1 saturated carbocycles. The maximum absolute atomic E-state index is 12.8. The van der Waals surface area contributed by atoms with Crippen LogP contribution < -0.4 is 10.1 Å². The fourth-order valence-corrected chi connectivity index (χ4v) is 4.02. The summed E-state index contributed by atoms with van der Waals surface area (Å²) < 4.78 is 7.50. The number of aromatic nitrogens is 2. The molecule has 0 bridgehead atoms. The van der Waals surface area contributed by atoms with Crippen molar-refractivity contribution in [2.75, 3.05) is 7.11 Å². The normalized spacial score (nSPS) is 15.8. The predicted octanol–water partition coefficient (Wildman–Crippen LogP) is 3.79. The summed E-state index contributed by atoms with van der Waals surface area (Å²) in [4.78, 5) is 12.8. The average Bonchev–Trinajstić information content (AvgIpc) is 3.21. The monoisotopic (exact) mass is 355 g/mol. The molecule has 2 aromatic rings. The van der Waals surface area contributed by atoms with Crippen LogP contribution in [0.4, 0.5) is 0 Å². The van der Waals surface area contributed by atoms with E-state index in [9.17, 15) is 4.79 Å². The number of nitrogens with zero attached hydrogens (tertiary/aromatic N) is 2. The average molecular weight is 355 g/mol. The van der Waals surface area contributed by atoms with Gasteiger partial charge < -0.3 is 10.1 Å². The number of para-hydroxylation sites is 1. The molecule has 0 unspecified atom stereocenters. The van der Waals surface area contributed by atoms with Gasteiger partial charge in [0.1, 0.15) is 5.75 Å². The van der Waals surface area contributed by atoms with Crippen LogP contribution in [-0.4, -0.2) is 22.8 Å². The first-order chi connectivity index (χ1) is 12.5. The molecule has 0 spiro atoms. The Labute approximate surface area is 155 Å². The Bertz CT molecular complexity index is 789. The number of carbonyl (C=O) groups is 1. The van der Waals surface area contributed by atoms with E-state index in [2.05, 4.69) is 30.3 Å². The first-order valence-electron chi connectivity index (χ1n) is 9.42. The molecular weight excluding hydrogens is 326 g/mol. The van der Waals surface area contributed by atoms with Gasteiger partial charge in [-0.2, -0.15) is 5.10 Å². The number of aryl methyl sites for hydroxylation is 2. The van der Waals surface area contributed by atoms with Gasteiger partial charge in [-0.15, -0.1) is 0 Å². The molecule has 1 aliphatic carbocycles. The maximum atomic E-state index is 12.8. The van der Waals surface area contributed by atoms with Crippen molar-refractivity contribution in [1.29, 1.82) is 0 Å². The summed E-state index contributed by atoms with van der Waals surface area (Å²) in [5.74, 6) is 0.923. The van der Waals surface area contributed by atoms with Crippen molar-refractivity contribution >= 4 is 5.91 Å². The van der Waals surface area contributed by atoms with Gasteiger partial charge in [-0.3, -0.25) is 9.48 Å². The van der Waals surface area contributed by atoms with Gasteiger partial charge >= 0.3 is 0 Å². The standard InChI is InChI=1S/C21H29N3O2/c1-15-16(2)23-24(17(15)3)14-11-20(25)22-21(12-7-8-13-21)18-9-5-6-10-19(18)26-4/h5-6,9-10H,7-8,11-14H2,1-4H3,(H,22,25). The molecule has 1 aromatic heterocycles. The van der Waals surface area contributed by atoms with Crippen LogP contribution in [0.15, 0.2) is 24.3 Å². The number of amides is 1. The lowest BCUT2D eigenvalue weighted by molar-refractivity contribution is -0.123. The van der Waals surface area contributed by atoms with Crippen LogP contribution in [-0.2, 0) is 16.9 Å². The van der Waals surface area contributed by atoms with E-state index >= 15 is 0 Å². The number of rotatable bonds is 6. The highest BCUT2D eigenvalue weighted by Crippen LogP contribution is 2.42. The van der Waals surface area contributed by atoms with Gasteiger partial charge in [0.2, 0.25) is 5.91 Å². The lowest BCUT2D eigenvalue weighted by atomic mass is 9.87. The van der Waals surface area contributed by atoms with E-state index in [4.69, 9.17) is 4.74 Å². The molecule has 1 aliphatic rings. The minimum Gasteiger partial charge on any atom is -0.496 e. The molecule has 5 nitrogen and oxygen atoms in total. The SMILES string of the molecule is COc1ccccc1C1(NC(=O)CCn2nc(C)c(C)c2C)CCCC1. The van der Waals surface area contributed by atoms with Crippen molar-refractivity contribution in [3.8, 4) is 5.75 Å². The smallest absolute Gasteiger partial charge is 0.222 e. The summed E-state index contributed by atoms with van der Waals surface area (Å²) in [5, 5.41) is 7.87. The highest BCUT2D eigenvalue weighted by atomic mass is 16.5. The summed E-state index contributed by atoms with van der Waals surface area (Å²) in [6.07, 6.45) is 4.58. The molecule has 5 heteroatoms. The highest BCUT2D eigenvalue weighted by molar-refractivity contribution is 5.77. The van der Waals surface area contributed by atoms with Crippen LogP contribution in [0.1, 0.15) is 54.6 Å². The molecule has 1 fully saturated rings. The minimum atomic E-state index is -0.311. The molecule has 26 heavy (non-hydrogen) atoms. The third kappa shape index (κ3) is 3.48. The quantitative estimate of drug-likeness (QED) is 0.858. The molecular formula is C21H29N3O2. The van der Waals surface area contributed by atoms with Crippen LogP contribution in [0.3, 0.4) is 0 Å². The molecule has 0 atom stereocenters. The van der Waals surface area contributed by atoms with E-state index in [0.29, 0.717) is 13.0 Å². The zero-order chi connectivity index (χ0) is 18.7. The molecule has 0 aliphatic heterocycles. The van der Waals surface area contributed by atoms with E-state index in [0.717, 1.165) is 48.4 Å². The highest BCUT2D eigenvalue weighted by Gasteiger charge is 2.38. The van der Waals surface area contributed by atoms with Crippen LogP contribution in [0.5, 0.6) is 5.75 Å². The molecule has 1 aromatic carbocycles. The summed E-state index contributed by atoms with van der Waals surface area (Å²) in [6.45, 7) is 6.74. The second-order valence-corrected chi connectivity index (χ2v) is 7.31. The maximum Gasteiger partial charge on any atom is 0.222 e. The molecule has 1 N–H and O–H groups in total. The minimum absolute atomic E-state index is 0.0722. The first-order valence-corrected chi connectivity index (χ1v) is 9.42. The third-order valence-electron chi connectivity index (χ3n) is 5.75. The lowest BCUT2D eigenvalue weighted by Gasteiger charge is -2.32. The fraction of sp³-hybridized carbons (Fsp3) is 0.524. The number of carbonyl (C=O) groups excluding carboxylic acids is 1. The second-order valence-electron chi connectivity index (χ2n) is 7.31. The van der Waals surface area contributed by atoms with Crippen molar-refractivity contribution in [2.24, 2.45) is 0 Å². The molecule has 140 valence electrons. The summed E-state index contributed by atoms with van der Waals surface area (Å²) in [7, 11) is 1.69. The van der Waals surface area contributed by atoms with Crippen LogP contribution >= 0.6 is 0 Å². The van der Waals surface area contributed by atoms with E-state index in [-0.39, 0.29) is 11.4 Å². The Morgan fingerprint density at radius 1 is 1.23 bits per heavy atom. The van der Waals surface area contributed by atoms with Crippen molar-refractivity contribution in [3.05, 3.63) is 46.8 Å². The lowest BCUT2D eigenvalue weighted by Crippen LogP contribution is -2.44. The Hall–Kier alpha value is -2.30. The fourth-order valence-electron chi connectivity index (χ4n) is 4.02. The molecule has 0 saturated heterocycles. The van der Waals surface area contributed by atoms with Gasteiger partial charge in [0.15, 0.2) is 0 Å². The topological polar surface area (TPSA) is 56.1 Å².